The van der Waals surface area contributed by atoms with Crippen LogP contribution in [0.5, 0.6) is 0 Å². The Balaban J connectivity index is 1.56. The molecule has 146 valence electrons. The van der Waals surface area contributed by atoms with Crippen molar-refractivity contribution in [3.05, 3.63) is 49.9 Å². The van der Waals surface area contributed by atoms with Gasteiger partial charge in [-0.3, -0.25) is 9.69 Å². The van der Waals surface area contributed by atoms with E-state index in [0.29, 0.717) is 10.0 Å². The summed E-state index contributed by atoms with van der Waals surface area (Å²) in [4.78, 5) is 21.7. The fraction of sp³-hybridized carbons (Fsp3) is 0.500. The lowest BCUT2D eigenvalue weighted by molar-refractivity contribution is -0.137. The minimum atomic E-state index is -0.0849. The van der Waals surface area contributed by atoms with Gasteiger partial charge in [0.15, 0.2) is 0 Å². The lowest BCUT2D eigenvalue weighted by atomic mass is 9.94. The standard InChI is InChI=1S/C20H25Cl2N3OS/c1-13(18-5-4-16(21)10-19(18)22)24(3)20(26)15-6-8-25(9-7-15)11-17-12-27-14(2)23-17/h4-5,10,12-13,15H,6-9,11H2,1-3H3. The lowest BCUT2D eigenvalue weighted by Crippen LogP contribution is -2.41. The number of aryl methyl sites for hydroxylation is 1. The molecule has 1 amide bonds. The Hall–Kier alpha value is -1.14. The first-order valence-electron chi connectivity index (χ1n) is 9.20. The first kappa shape index (κ1) is 20.6. The van der Waals surface area contributed by atoms with Crippen molar-refractivity contribution in [2.24, 2.45) is 5.92 Å². The van der Waals surface area contributed by atoms with Gasteiger partial charge in [0.2, 0.25) is 5.91 Å². The summed E-state index contributed by atoms with van der Waals surface area (Å²) >= 11 is 14.0. The third-order valence-corrected chi connectivity index (χ3v) is 6.71. The number of nitrogens with zero attached hydrogens (tertiary/aromatic N) is 3. The van der Waals surface area contributed by atoms with E-state index in [4.69, 9.17) is 23.2 Å². The molecule has 1 aliphatic heterocycles. The zero-order valence-electron chi connectivity index (χ0n) is 15.9. The molecule has 1 aromatic heterocycles. The van der Waals surface area contributed by atoms with E-state index in [1.165, 1.54) is 0 Å². The van der Waals surface area contributed by atoms with E-state index < -0.39 is 0 Å². The van der Waals surface area contributed by atoms with E-state index in [1.807, 2.05) is 37.9 Å². The second-order valence-corrected chi connectivity index (χ2v) is 9.11. The average molecular weight is 426 g/mol. The van der Waals surface area contributed by atoms with Crippen LogP contribution < -0.4 is 0 Å². The van der Waals surface area contributed by atoms with E-state index in [9.17, 15) is 4.79 Å². The van der Waals surface area contributed by atoms with Crippen LogP contribution in [-0.2, 0) is 11.3 Å². The van der Waals surface area contributed by atoms with Crippen LogP contribution in [0.25, 0.3) is 0 Å². The topological polar surface area (TPSA) is 36.4 Å². The Morgan fingerprint density at radius 2 is 2.07 bits per heavy atom. The number of rotatable bonds is 5. The van der Waals surface area contributed by atoms with Gasteiger partial charge in [-0.05, 0) is 57.5 Å². The average Bonchev–Trinajstić information content (AvgIpc) is 3.05. The molecule has 1 fully saturated rings. The van der Waals surface area contributed by atoms with Crippen LogP contribution in [0.4, 0.5) is 0 Å². The highest BCUT2D eigenvalue weighted by Crippen LogP contribution is 2.31. The molecule has 0 saturated carbocycles. The van der Waals surface area contributed by atoms with E-state index in [-0.39, 0.29) is 17.9 Å². The summed E-state index contributed by atoms with van der Waals surface area (Å²) in [5.41, 5.74) is 2.05. The molecule has 0 aliphatic carbocycles. The smallest absolute Gasteiger partial charge is 0.226 e. The number of hydrogen-bond donors (Lipinski definition) is 0. The van der Waals surface area contributed by atoms with Gasteiger partial charge in [0.05, 0.1) is 16.7 Å². The van der Waals surface area contributed by atoms with Gasteiger partial charge in [0.1, 0.15) is 0 Å². The van der Waals surface area contributed by atoms with Gasteiger partial charge >= 0.3 is 0 Å². The molecule has 7 heteroatoms. The molecule has 1 aliphatic rings. The molecule has 0 radical (unpaired) electrons. The van der Waals surface area contributed by atoms with Crippen LogP contribution >= 0.6 is 34.5 Å². The van der Waals surface area contributed by atoms with Gasteiger partial charge in [0.25, 0.3) is 0 Å². The van der Waals surface area contributed by atoms with Crippen molar-refractivity contribution >= 4 is 40.4 Å². The Kier molecular flexibility index (Phi) is 6.79. The van der Waals surface area contributed by atoms with Crippen molar-refractivity contribution in [1.82, 2.24) is 14.8 Å². The second kappa shape index (κ2) is 8.91. The summed E-state index contributed by atoms with van der Waals surface area (Å²) in [5.74, 6) is 0.259. The Labute approximate surface area is 175 Å². The Morgan fingerprint density at radius 3 is 2.67 bits per heavy atom. The molecule has 2 aromatic rings. The fourth-order valence-corrected chi connectivity index (χ4v) is 4.75. The van der Waals surface area contributed by atoms with Gasteiger partial charge < -0.3 is 4.90 Å². The van der Waals surface area contributed by atoms with E-state index in [2.05, 4.69) is 15.3 Å². The van der Waals surface area contributed by atoms with Crippen molar-refractivity contribution < 1.29 is 4.79 Å². The van der Waals surface area contributed by atoms with E-state index >= 15 is 0 Å². The molecule has 1 unspecified atom stereocenters. The normalized spacial score (nSPS) is 17.1. The predicted octanol–water partition coefficient (Wildman–Crippen LogP) is 5.19. The molecule has 2 heterocycles. The van der Waals surface area contributed by atoms with Gasteiger partial charge in [-0.2, -0.15) is 0 Å². The zero-order valence-corrected chi connectivity index (χ0v) is 18.2. The predicted molar refractivity (Wildman–Crippen MR) is 112 cm³/mol. The maximum atomic E-state index is 13.0. The number of aromatic nitrogens is 1. The molecule has 1 saturated heterocycles. The number of likely N-dealkylation sites (tertiary alicyclic amines) is 1. The number of halogens is 2. The highest BCUT2D eigenvalue weighted by molar-refractivity contribution is 7.09. The summed E-state index contributed by atoms with van der Waals surface area (Å²) in [6.45, 7) is 6.77. The molecular weight excluding hydrogens is 401 g/mol. The van der Waals surface area contributed by atoms with E-state index in [0.717, 1.165) is 48.7 Å². The number of carbonyl (C=O) groups is 1. The number of thiazole rings is 1. The van der Waals surface area contributed by atoms with Crippen LogP contribution in [0.2, 0.25) is 10.0 Å². The van der Waals surface area contributed by atoms with Crippen LogP contribution in [0.1, 0.15) is 42.1 Å². The summed E-state index contributed by atoms with van der Waals surface area (Å²) in [6.07, 6.45) is 1.76. The first-order valence-corrected chi connectivity index (χ1v) is 10.8. The summed E-state index contributed by atoms with van der Waals surface area (Å²) in [6, 6.07) is 5.36. The zero-order chi connectivity index (χ0) is 19.6. The summed E-state index contributed by atoms with van der Waals surface area (Å²) in [5, 5.41) is 4.43. The minimum absolute atomic E-state index is 0.0666. The third kappa shape index (κ3) is 5.02. The number of benzene rings is 1. The maximum Gasteiger partial charge on any atom is 0.226 e. The first-order chi connectivity index (χ1) is 12.8. The van der Waals surface area contributed by atoms with Crippen molar-refractivity contribution in [3.63, 3.8) is 0 Å². The van der Waals surface area contributed by atoms with Crippen LogP contribution in [0, 0.1) is 12.8 Å². The van der Waals surface area contributed by atoms with Gasteiger partial charge in [0, 0.05) is 34.9 Å². The highest BCUT2D eigenvalue weighted by Gasteiger charge is 2.30. The second-order valence-electron chi connectivity index (χ2n) is 7.20. The van der Waals surface area contributed by atoms with Crippen LogP contribution in [-0.4, -0.2) is 40.8 Å². The van der Waals surface area contributed by atoms with Gasteiger partial charge in [-0.15, -0.1) is 11.3 Å². The SMILES string of the molecule is Cc1nc(CN2CCC(C(=O)N(C)C(C)c3ccc(Cl)cc3Cl)CC2)cs1. The molecule has 0 N–H and O–H groups in total. The lowest BCUT2D eigenvalue weighted by Gasteiger charge is -2.35. The number of amides is 1. The monoisotopic (exact) mass is 425 g/mol. The number of hydrogen-bond acceptors (Lipinski definition) is 4. The molecular formula is C20H25Cl2N3OS. The molecule has 27 heavy (non-hydrogen) atoms. The van der Waals surface area contributed by atoms with Gasteiger partial charge in [-0.1, -0.05) is 29.3 Å². The highest BCUT2D eigenvalue weighted by atomic mass is 35.5. The molecule has 4 nitrogen and oxygen atoms in total. The van der Waals surface area contributed by atoms with Gasteiger partial charge in [-0.25, -0.2) is 4.98 Å². The minimum Gasteiger partial charge on any atom is -0.339 e. The van der Waals surface area contributed by atoms with Crippen molar-refractivity contribution in [2.75, 3.05) is 20.1 Å². The van der Waals surface area contributed by atoms with Crippen LogP contribution in [0.15, 0.2) is 23.6 Å². The quantitative estimate of drug-likeness (QED) is 0.660. The number of carbonyl (C=O) groups excluding carboxylic acids is 1. The molecule has 0 bridgehead atoms. The third-order valence-electron chi connectivity index (χ3n) is 5.33. The molecule has 1 atom stereocenters. The number of piperidine rings is 1. The Morgan fingerprint density at radius 1 is 1.37 bits per heavy atom. The maximum absolute atomic E-state index is 13.0. The molecule has 3 rings (SSSR count). The van der Waals surface area contributed by atoms with Crippen molar-refractivity contribution in [2.45, 2.75) is 39.3 Å². The van der Waals surface area contributed by atoms with E-state index in [1.54, 1.807) is 17.4 Å². The fourth-order valence-electron chi connectivity index (χ4n) is 3.58. The molecule has 1 aromatic carbocycles. The van der Waals surface area contributed by atoms with Crippen molar-refractivity contribution in [3.8, 4) is 0 Å². The van der Waals surface area contributed by atoms with Crippen molar-refractivity contribution in [1.29, 1.82) is 0 Å². The summed E-state index contributed by atoms with van der Waals surface area (Å²) < 4.78 is 0. The molecule has 0 spiro atoms. The summed E-state index contributed by atoms with van der Waals surface area (Å²) in [7, 11) is 1.86. The Bertz CT molecular complexity index is 802. The van der Waals surface area contributed by atoms with Crippen LogP contribution in [0.3, 0.4) is 0 Å². The largest absolute Gasteiger partial charge is 0.339 e.